The predicted molar refractivity (Wildman–Crippen MR) is 121 cm³/mol. The van der Waals surface area contributed by atoms with Gasteiger partial charge in [0.2, 0.25) is 0 Å². The fourth-order valence-electron chi connectivity index (χ4n) is 2.37. The third-order valence-corrected chi connectivity index (χ3v) is 4.11. The molecule has 1 unspecified atom stereocenters. The Morgan fingerprint density at radius 1 is 1.19 bits per heavy atom. The Morgan fingerprint density at radius 2 is 1.96 bits per heavy atom. The minimum absolute atomic E-state index is 0. The van der Waals surface area contributed by atoms with Crippen LogP contribution in [0.2, 0.25) is 0 Å². The Kier molecular flexibility index (Phi) is 14.5. The second kappa shape index (κ2) is 15.1. The number of benzene rings is 1. The van der Waals surface area contributed by atoms with Gasteiger partial charge in [-0.05, 0) is 51.2 Å². The highest BCUT2D eigenvalue weighted by Gasteiger charge is 2.08. The van der Waals surface area contributed by atoms with Crippen LogP contribution in [-0.2, 0) is 11.3 Å². The third-order valence-electron chi connectivity index (χ3n) is 4.11. The highest BCUT2D eigenvalue weighted by atomic mass is 127. The number of rotatable bonds is 11. The number of guanidine groups is 1. The average Bonchev–Trinajstić information content (AvgIpc) is 2.61. The molecule has 1 aromatic carbocycles. The van der Waals surface area contributed by atoms with Crippen molar-refractivity contribution in [1.82, 2.24) is 10.6 Å². The molecule has 0 saturated carbocycles. The summed E-state index contributed by atoms with van der Waals surface area (Å²) in [5.74, 6) is 1.78. The van der Waals surface area contributed by atoms with E-state index in [2.05, 4.69) is 54.6 Å². The summed E-state index contributed by atoms with van der Waals surface area (Å²) in [4.78, 5) is 4.29. The van der Waals surface area contributed by atoms with E-state index in [-0.39, 0.29) is 30.1 Å². The quantitative estimate of drug-likeness (QED) is 0.216. The zero-order chi connectivity index (χ0) is 18.5. The summed E-state index contributed by atoms with van der Waals surface area (Å²) in [5, 5.41) is 6.73. The second-order valence-corrected chi connectivity index (χ2v) is 6.35. The molecule has 0 radical (unpaired) electrons. The van der Waals surface area contributed by atoms with Crippen molar-refractivity contribution < 1.29 is 9.47 Å². The fourth-order valence-corrected chi connectivity index (χ4v) is 2.37. The van der Waals surface area contributed by atoms with Crippen molar-refractivity contribution in [3.8, 4) is 5.75 Å². The summed E-state index contributed by atoms with van der Waals surface area (Å²) in [6.45, 7) is 8.76. The molecule has 1 atom stereocenters. The van der Waals surface area contributed by atoms with E-state index in [9.17, 15) is 0 Å². The topological polar surface area (TPSA) is 54.9 Å². The first kappa shape index (κ1) is 25.0. The maximum Gasteiger partial charge on any atom is 0.191 e. The first-order chi connectivity index (χ1) is 12.1. The molecule has 0 bridgehead atoms. The summed E-state index contributed by atoms with van der Waals surface area (Å²) in [6, 6.07) is 6.35. The molecular weight excluding hydrogens is 441 g/mol. The van der Waals surface area contributed by atoms with Crippen LogP contribution in [0.4, 0.5) is 0 Å². The van der Waals surface area contributed by atoms with Crippen LogP contribution in [0, 0.1) is 6.92 Å². The van der Waals surface area contributed by atoms with Crippen molar-refractivity contribution >= 4 is 29.9 Å². The molecule has 2 N–H and O–H groups in total. The molecule has 0 aliphatic carbocycles. The lowest BCUT2D eigenvalue weighted by molar-refractivity contribution is 0.192. The molecule has 0 aliphatic heterocycles. The number of halogens is 1. The van der Waals surface area contributed by atoms with Crippen LogP contribution >= 0.6 is 24.0 Å². The third kappa shape index (κ3) is 10.2. The molecular formula is C20H36IN3O2. The van der Waals surface area contributed by atoms with E-state index in [4.69, 9.17) is 9.47 Å². The molecule has 5 nitrogen and oxygen atoms in total. The molecule has 6 heteroatoms. The van der Waals surface area contributed by atoms with Crippen molar-refractivity contribution in [2.75, 3.05) is 27.3 Å². The van der Waals surface area contributed by atoms with E-state index in [0.29, 0.717) is 6.54 Å². The lowest BCUT2D eigenvalue weighted by atomic mass is 10.1. The van der Waals surface area contributed by atoms with Gasteiger partial charge in [-0.25, -0.2) is 0 Å². The summed E-state index contributed by atoms with van der Waals surface area (Å²) in [6.07, 6.45) is 4.57. The summed E-state index contributed by atoms with van der Waals surface area (Å²) >= 11 is 0. The molecule has 0 aromatic heterocycles. The molecule has 0 spiro atoms. The Bertz CT molecular complexity index is 524. The van der Waals surface area contributed by atoms with Gasteiger partial charge >= 0.3 is 0 Å². The zero-order valence-corrected chi connectivity index (χ0v) is 19.3. The number of nitrogens with one attached hydrogen (secondary N) is 2. The van der Waals surface area contributed by atoms with Crippen molar-refractivity contribution in [3.63, 3.8) is 0 Å². The largest absolute Gasteiger partial charge is 0.490 e. The van der Waals surface area contributed by atoms with Gasteiger partial charge in [-0.2, -0.15) is 0 Å². The number of nitrogens with zero attached hydrogens (tertiary/aromatic N) is 1. The van der Waals surface area contributed by atoms with Crippen LogP contribution in [0.15, 0.2) is 23.2 Å². The van der Waals surface area contributed by atoms with E-state index < -0.39 is 0 Å². The van der Waals surface area contributed by atoms with Gasteiger partial charge in [-0.3, -0.25) is 4.99 Å². The molecule has 0 aliphatic rings. The summed E-state index contributed by atoms with van der Waals surface area (Å²) in [5.41, 5.74) is 2.36. The number of ether oxygens (including phenoxy) is 2. The molecule has 1 aromatic rings. The first-order valence-corrected chi connectivity index (χ1v) is 9.30. The molecule has 0 amide bonds. The molecule has 150 valence electrons. The standard InChI is InChI=1S/C20H35N3O2.HI/c1-6-17(3)25-19-14-16(2)10-11-18(19)15-23-20(21-4)22-12-8-7-9-13-24-5;/h10-11,14,17H,6-9,12-13,15H2,1-5H3,(H2,21,22,23);1H. The van der Waals surface area contributed by atoms with E-state index >= 15 is 0 Å². The predicted octanol–water partition coefficient (Wildman–Crippen LogP) is 4.27. The van der Waals surface area contributed by atoms with Gasteiger partial charge in [0.15, 0.2) is 5.96 Å². The number of hydrogen-bond donors (Lipinski definition) is 2. The van der Waals surface area contributed by atoms with Crippen LogP contribution in [-0.4, -0.2) is 39.4 Å². The van der Waals surface area contributed by atoms with Crippen LogP contribution < -0.4 is 15.4 Å². The Hall–Kier alpha value is -1.02. The van der Waals surface area contributed by atoms with Crippen molar-refractivity contribution in [2.24, 2.45) is 4.99 Å². The normalized spacial score (nSPS) is 12.3. The number of methoxy groups -OCH3 is 1. The van der Waals surface area contributed by atoms with Crippen LogP contribution in [0.25, 0.3) is 0 Å². The van der Waals surface area contributed by atoms with Gasteiger partial charge < -0.3 is 20.1 Å². The van der Waals surface area contributed by atoms with Crippen molar-refractivity contribution in [2.45, 2.75) is 59.1 Å². The van der Waals surface area contributed by atoms with Gasteiger partial charge in [-0.1, -0.05) is 19.1 Å². The van der Waals surface area contributed by atoms with E-state index in [1.165, 1.54) is 5.56 Å². The highest BCUT2D eigenvalue weighted by Crippen LogP contribution is 2.22. The number of aliphatic imine (C=N–C) groups is 1. The Labute approximate surface area is 176 Å². The second-order valence-electron chi connectivity index (χ2n) is 6.35. The lowest BCUT2D eigenvalue weighted by Gasteiger charge is -2.18. The molecule has 26 heavy (non-hydrogen) atoms. The lowest BCUT2D eigenvalue weighted by Crippen LogP contribution is -2.37. The zero-order valence-electron chi connectivity index (χ0n) is 16.9. The average molecular weight is 477 g/mol. The fraction of sp³-hybridized carbons (Fsp3) is 0.650. The number of aryl methyl sites for hydroxylation is 1. The van der Waals surface area contributed by atoms with E-state index in [0.717, 1.165) is 56.1 Å². The first-order valence-electron chi connectivity index (χ1n) is 9.30. The van der Waals surface area contributed by atoms with Crippen LogP contribution in [0.1, 0.15) is 50.7 Å². The maximum atomic E-state index is 6.07. The van der Waals surface area contributed by atoms with Crippen LogP contribution in [0.5, 0.6) is 5.75 Å². The van der Waals surface area contributed by atoms with E-state index in [1.807, 2.05) is 0 Å². The van der Waals surface area contributed by atoms with Gasteiger partial charge in [0.25, 0.3) is 0 Å². The number of unbranched alkanes of at least 4 members (excludes halogenated alkanes) is 2. The smallest absolute Gasteiger partial charge is 0.191 e. The molecule has 0 saturated heterocycles. The van der Waals surface area contributed by atoms with E-state index in [1.54, 1.807) is 14.2 Å². The number of hydrogen-bond acceptors (Lipinski definition) is 3. The summed E-state index contributed by atoms with van der Waals surface area (Å²) in [7, 11) is 3.54. The molecule has 0 heterocycles. The molecule has 0 fully saturated rings. The van der Waals surface area contributed by atoms with Gasteiger partial charge in [0.05, 0.1) is 6.10 Å². The van der Waals surface area contributed by atoms with Gasteiger partial charge in [-0.15, -0.1) is 24.0 Å². The summed E-state index contributed by atoms with van der Waals surface area (Å²) < 4.78 is 11.1. The SMILES string of the molecule is CCC(C)Oc1cc(C)ccc1CNC(=NC)NCCCCCOC.I. The maximum absolute atomic E-state index is 6.07. The monoisotopic (exact) mass is 477 g/mol. The minimum atomic E-state index is 0. The van der Waals surface area contributed by atoms with Gasteiger partial charge in [0, 0.05) is 39.4 Å². The highest BCUT2D eigenvalue weighted by molar-refractivity contribution is 14.0. The van der Waals surface area contributed by atoms with Crippen molar-refractivity contribution in [1.29, 1.82) is 0 Å². The minimum Gasteiger partial charge on any atom is -0.490 e. The van der Waals surface area contributed by atoms with Crippen molar-refractivity contribution in [3.05, 3.63) is 29.3 Å². The van der Waals surface area contributed by atoms with Gasteiger partial charge in [0.1, 0.15) is 5.75 Å². The Balaban J connectivity index is 0.00000625. The van der Waals surface area contributed by atoms with Crippen LogP contribution in [0.3, 0.4) is 0 Å². The molecule has 1 rings (SSSR count). The Morgan fingerprint density at radius 3 is 2.62 bits per heavy atom.